The van der Waals surface area contributed by atoms with Crippen molar-refractivity contribution in [3.8, 4) is 16.9 Å². The topological polar surface area (TPSA) is 29.5 Å². The van der Waals surface area contributed by atoms with Gasteiger partial charge in [-0.2, -0.15) is 0 Å². The minimum absolute atomic E-state index is 0.00845. The van der Waals surface area contributed by atoms with E-state index in [2.05, 4.69) is 0 Å². The summed E-state index contributed by atoms with van der Waals surface area (Å²) in [6, 6.07) is 15.3. The molecule has 5 heteroatoms. The van der Waals surface area contributed by atoms with E-state index in [1.54, 1.807) is 48.6 Å². The van der Waals surface area contributed by atoms with Gasteiger partial charge in [0.05, 0.1) is 6.61 Å². The van der Waals surface area contributed by atoms with Crippen LogP contribution in [0.2, 0.25) is 0 Å². The molecule has 0 heterocycles. The predicted octanol–water partition coefficient (Wildman–Crippen LogP) is 7.61. The summed E-state index contributed by atoms with van der Waals surface area (Å²) in [5.74, 6) is -1.24. The van der Waals surface area contributed by atoms with Crippen LogP contribution in [-0.2, 0) is 0 Å². The molecule has 0 amide bonds. The van der Waals surface area contributed by atoms with Crippen molar-refractivity contribution in [3.63, 3.8) is 0 Å². The minimum atomic E-state index is -0.842. The molecule has 3 aromatic carbocycles. The molecule has 0 radical (unpaired) electrons. The van der Waals surface area contributed by atoms with Gasteiger partial charge in [-0.25, -0.2) is 13.2 Å². The lowest BCUT2D eigenvalue weighted by Gasteiger charge is -2.28. The second kappa shape index (κ2) is 10.9. The van der Waals surface area contributed by atoms with E-state index < -0.39 is 11.6 Å². The predicted molar refractivity (Wildman–Crippen MR) is 130 cm³/mol. The highest BCUT2D eigenvalue weighted by Crippen LogP contribution is 2.37. The maximum atomic E-state index is 14.8. The Labute approximate surface area is 198 Å². The number of benzene rings is 3. The summed E-state index contributed by atoms with van der Waals surface area (Å²) in [6.07, 6.45) is 6.46. The highest BCUT2D eigenvalue weighted by Gasteiger charge is 2.25. The first-order chi connectivity index (χ1) is 16.5. The van der Waals surface area contributed by atoms with Crippen LogP contribution in [0.3, 0.4) is 0 Å². The molecule has 0 unspecified atom stereocenters. The highest BCUT2D eigenvalue weighted by molar-refractivity contribution is 5.73. The average Bonchev–Trinajstić information content (AvgIpc) is 2.86. The largest absolute Gasteiger partial charge is 0.494 e. The Kier molecular flexibility index (Phi) is 7.73. The molecule has 2 nitrogen and oxygen atoms in total. The quantitative estimate of drug-likeness (QED) is 0.363. The van der Waals surface area contributed by atoms with Gasteiger partial charge in [0.1, 0.15) is 11.6 Å². The summed E-state index contributed by atoms with van der Waals surface area (Å²) in [5, 5.41) is 9.29. The zero-order valence-electron chi connectivity index (χ0n) is 19.2. The standard InChI is InChI=1S/C29H29F3O2/c1-2-34-24-14-16-25(27(30)17-24)21-8-3-19(4-9-21)5-12-23-13-15-26(29(32)28(23)31)22-10-6-20(18-33)7-11-22/h3-5,8-9,12-17,20,22,33H,2,6-7,10-11,18H2,1H3/b12-5+. The van der Waals surface area contributed by atoms with E-state index in [9.17, 15) is 18.3 Å². The minimum Gasteiger partial charge on any atom is -0.494 e. The van der Waals surface area contributed by atoms with Gasteiger partial charge >= 0.3 is 0 Å². The maximum Gasteiger partial charge on any atom is 0.166 e. The van der Waals surface area contributed by atoms with Crippen LogP contribution in [0.5, 0.6) is 5.75 Å². The Bertz CT molecular complexity index is 1150. The van der Waals surface area contributed by atoms with E-state index in [-0.39, 0.29) is 29.8 Å². The van der Waals surface area contributed by atoms with Crippen molar-refractivity contribution in [2.75, 3.05) is 13.2 Å². The van der Waals surface area contributed by atoms with Gasteiger partial charge in [-0.1, -0.05) is 48.6 Å². The average molecular weight is 467 g/mol. The Morgan fingerprint density at radius 1 is 0.882 bits per heavy atom. The molecule has 1 aliphatic rings. The SMILES string of the molecule is CCOc1ccc(-c2ccc(/C=C/c3ccc(C4CCC(CO)CC4)c(F)c3F)cc2)c(F)c1. The number of rotatable bonds is 7. The molecule has 0 bridgehead atoms. The lowest BCUT2D eigenvalue weighted by Crippen LogP contribution is -2.17. The van der Waals surface area contributed by atoms with Gasteiger partial charge in [0.15, 0.2) is 11.6 Å². The lowest BCUT2D eigenvalue weighted by molar-refractivity contribution is 0.181. The number of aliphatic hydroxyl groups is 1. The number of hydrogen-bond acceptors (Lipinski definition) is 2. The summed E-state index contributed by atoms with van der Waals surface area (Å²) in [5.41, 5.74) is 2.59. The lowest BCUT2D eigenvalue weighted by atomic mass is 9.78. The van der Waals surface area contributed by atoms with Gasteiger partial charge in [0.2, 0.25) is 0 Å². The zero-order chi connectivity index (χ0) is 24.1. The molecule has 34 heavy (non-hydrogen) atoms. The summed E-state index contributed by atoms with van der Waals surface area (Å²) in [7, 11) is 0. The molecule has 0 aliphatic heterocycles. The number of hydrogen-bond donors (Lipinski definition) is 1. The van der Waals surface area contributed by atoms with Crippen molar-refractivity contribution < 1.29 is 23.0 Å². The van der Waals surface area contributed by atoms with E-state index in [4.69, 9.17) is 4.74 Å². The summed E-state index contributed by atoms with van der Waals surface area (Å²) in [4.78, 5) is 0. The van der Waals surface area contributed by atoms with Crippen LogP contribution in [0, 0.1) is 23.4 Å². The second-order valence-electron chi connectivity index (χ2n) is 8.80. The first kappa shape index (κ1) is 24.1. The third kappa shape index (κ3) is 5.36. The fraction of sp³-hybridized carbons (Fsp3) is 0.310. The van der Waals surface area contributed by atoms with Crippen LogP contribution in [0.25, 0.3) is 23.3 Å². The first-order valence-corrected chi connectivity index (χ1v) is 11.8. The molecule has 1 aliphatic carbocycles. The summed E-state index contributed by atoms with van der Waals surface area (Å²) >= 11 is 0. The van der Waals surface area contributed by atoms with E-state index >= 15 is 0 Å². The summed E-state index contributed by atoms with van der Waals surface area (Å²) < 4.78 is 49.3. The Morgan fingerprint density at radius 3 is 2.26 bits per heavy atom. The molecule has 0 atom stereocenters. The Balaban J connectivity index is 1.47. The molecule has 0 aromatic heterocycles. The van der Waals surface area contributed by atoms with Crippen LogP contribution >= 0.6 is 0 Å². The smallest absolute Gasteiger partial charge is 0.166 e. The van der Waals surface area contributed by atoms with E-state index in [1.807, 2.05) is 19.1 Å². The van der Waals surface area contributed by atoms with Crippen molar-refractivity contribution >= 4 is 12.2 Å². The zero-order valence-corrected chi connectivity index (χ0v) is 19.2. The molecular weight excluding hydrogens is 437 g/mol. The van der Waals surface area contributed by atoms with Gasteiger partial charge in [0.25, 0.3) is 0 Å². The fourth-order valence-corrected chi connectivity index (χ4v) is 4.63. The van der Waals surface area contributed by atoms with Gasteiger partial charge in [0, 0.05) is 23.8 Å². The molecule has 1 saturated carbocycles. The highest BCUT2D eigenvalue weighted by atomic mass is 19.2. The molecule has 0 saturated heterocycles. The molecule has 0 spiro atoms. The fourth-order valence-electron chi connectivity index (χ4n) is 4.63. The van der Waals surface area contributed by atoms with Crippen molar-refractivity contribution in [2.45, 2.75) is 38.5 Å². The van der Waals surface area contributed by atoms with Crippen LogP contribution in [0.1, 0.15) is 55.2 Å². The first-order valence-electron chi connectivity index (χ1n) is 11.8. The normalized spacial score (nSPS) is 18.4. The third-order valence-electron chi connectivity index (χ3n) is 6.62. The van der Waals surface area contributed by atoms with Crippen LogP contribution < -0.4 is 4.74 Å². The van der Waals surface area contributed by atoms with Gasteiger partial charge in [-0.15, -0.1) is 0 Å². The maximum absolute atomic E-state index is 14.8. The van der Waals surface area contributed by atoms with Gasteiger partial charge < -0.3 is 9.84 Å². The van der Waals surface area contributed by atoms with E-state index in [0.717, 1.165) is 36.8 Å². The number of ether oxygens (including phenoxy) is 1. The van der Waals surface area contributed by atoms with Crippen molar-refractivity contribution in [1.29, 1.82) is 0 Å². The van der Waals surface area contributed by atoms with Crippen LogP contribution in [0.4, 0.5) is 13.2 Å². The molecule has 1 fully saturated rings. The van der Waals surface area contributed by atoms with Crippen LogP contribution in [0.15, 0.2) is 54.6 Å². The Morgan fingerprint density at radius 2 is 1.62 bits per heavy atom. The molecule has 1 N–H and O–H groups in total. The number of aliphatic hydroxyl groups excluding tert-OH is 1. The number of halogens is 3. The monoisotopic (exact) mass is 466 g/mol. The molecule has 178 valence electrons. The Hall–Kier alpha value is -3.05. The van der Waals surface area contributed by atoms with E-state index in [1.165, 1.54) is 6.07 Å². The van der Waals surface area contributed by atoms with Crippen LogP contribution in [-0.4, -0.2) is 18.3 Å². The van der Waals surface area contributed by atoms with E-state index in [0.29, 0.717) is 23.5 Å². The molecular formula is C29H29F3O2. The van der Waals surface area contributed by atoms with Crippen molar-refractivity contribution in [2.24, 2.45) is 5.92 Å². The van der Waals surface area contributed by atoms with Gasteiger partial charge in [-0.05, 0) is 73.3 Å². The van der Waals surface area contributed by atoms with Gasteiger partial charge in [-0.3, -0.25) is 0 Å². The molecule has 4 rings (SSSR count). The van der Waals surface area contributed by atoms with Crippen molar-refractivity contribution in [1.82, 2.24) is 0 Å². The molecule has 3 aromatic rings. The second-order valence-corrected chi connectivity index (χ2v) is 8.80. The summed E-state index contributed by atoms with van der Waals surface area (Å²) in [6.45, 7) is 2.47. The third-order valence-corrected chi connectivity index (χ3v) is 6.62. The van der Waals surface area contributed by atoms with Crippen molar-refractivity contribution in [3.05, 3.63) is 88.7 Å².